The molecule has 1 rings (SSSR count). The van der Waals surface area contributed by atoms with E-state index < -0.39 is 17.9 Å². The molecule has 7 heteroatoms. The summed E-state index contributed by atoms with van der Waals surface area (Å²) in [6, 6.07) is 2.40. The zero-order valence-corrected chi connectivity index (χ0v) is 16.9. The van der Waals surface area contributed by atoms with Gasteiger partial charge in [0.1, 0.15) is 11.8 Å². The van der Waals surface area contributed by atoms with E-state index in [9.17, 15) is 24.6 Å². The number of carbonyl (C=O) groups excluding carboxylic acids is 2. The van der Waals surface area contributed by atoms with E-state index in [1.165, 1.54) is 13.8 Å². The van der Waals surface area contributed by atoms with Gasteiger partial charge in [-0.1, -0.05) is 33.8 Å². The van der Waals surface area contributed by atoms with Crippen LogP contribution in [0.5, 0.6) is 5.75 Å². The fraction of sp³-hybridized carbons (Fsp3) is 0.550. The fourth-order valence-electron chi connectivity index (χ4n) is 2.73. The minimum atomic E-state index is -1.16. The molecule has 3 N–H and O–H groups in total. The lowest BCUT2D eigenvalue weighted by molar-refractivity contribution is -0.141. The average molecular weight is 378 g/mol. The average Bonchev–Trinajstić information content (AvgIpc) is 2.56. The summed E-state index contributed by atoms with van der Waals surface area (Å²) in [7, 11) is 0. The Morgan fingerprint density at radius 1 is 1.07 bits per heavy atom. The SMILES string of the molecule is CC(=O)NCCN(C(=O)c1cc(C(C)C)cc(C(C)C)c1O)C(C)C(=O)O. The van der Waals surface area contributed by atoms with Crippen molar-refractivity contribution in [2.45, 2.75) is 59.4 Å². The molecule has 0 saturated heterocycles. The number of phenolic OH excluding ortho intramolecular Hbond substituents is 1. The summed E-state index contributed by atoms with van der Waals surface area (Å²) in [4.78, 5) is 36.8. The number of nitrogens with zero attached hydrogens (tertiary/aromatic N) is 1. The van der Waals surface area contributed by atoms with Crippen molar-refractivity contribution in [1.82, 2.24) is 10.2 Å². The Kier molecular flexibility index (Phi) is 7.82. The Morgan fingerprint density at radius 3 is 2.11 bits per heavy atom. The number of hydrogen-bond acceptors (Lipinski definition) is 4. The summed E-state index contributed by atoms with van der Waals surface area (Å²) >= 11 is 0. The lowest BCUT2D eigenvalue weighted by Crippen LogP contribution is -2.46. The van der Waals surface area contributed by atoms with E-state index in [2.05, 4.69) is 5.32 Å². The molecule has 0 spiro atoms. The Hall–Kier alpha value is -2.57. The molecule has 0 aromatic heterocycles. The van der Waals surface area contributed by atoms with Gasteiger partial charge in [-0.15, -0.1) is 0 Å². The van der Waals surface area contributed by atoms with Crippen LogP contribution in [0.1, 0.15) is 74.9 Å². The summed E-state index contributed by atoms with van der Waals surface area (Å²) in [5, 5.41) is 22.6. The third kappa shape index (κ3) is 5.70. The van der Waals surface area contributed by atoms with Gasteiger partial charge in [0.15, 0.2) is 0 Å². The lowest BCUT2D eigenvalue weighted by Gasteiger charge is -2.28. The van der Waals surface area contributed by atoms with Gasteiger partial charge < -0.3 is 20.4 Å². The second-order valence-electron chi connectivity index (χ2n) is 7.31. The first-order valence-electron chi connectivity index (χ1n) is 9.12. The number of carbonyl (C=O) groups is 3. The molecule has 0 fully saturated rings. The van der Waals surface area contributed by atoms with Crippen molar-refractivity contribution in [2.24, 2.45) is 0 Å². The highest BCUT2D eigenvalue weighted by Gasteiger charge is 2.29. The van der Waals surface area contributed by atoms with Gasteiger partial charge in [0.2, 0.25) is 5.91 Å². The molecule has 27 heavy (non-hydrogen) atoms. The van der Waals surface area contributed by atoms with E-state index in [1.807, 2.05) is 33.8 Å². The molecule has 0 aliphatic carbocycles. The molecule has 1 unspecified atom stereocenters. The van der Waals surface area contributed by atoms with Crippen LogP contribution >= 0.6 is 0 Å². The lowest BCUT2D eigenvalue weighted by atomic mass is 9.91. The number of hydrogen-bond donors (Lipinski definition) is 3. The van der Waals surface area contributed by atoms with E-state index in [-0.39, 0.29) is 42.1 Å². The summed E-state index contributed by atoms with van der Waals surface area (Å²) < 4.78 is 0. The van der Waals surface area contributed by atoms with E-state index in [1.54, 1.807) is 6.07 Å². The van der Waals surface area contributed by atoms with Crippen LogP contribution in [0.2, 0.25) is 0 Å². The van der Waals surface area contributed by atoms with Gasteiger partial charge in [0.05, 0.1) is 5.56 Å². The van der Waals surface area contributed by atoms with Gasteiger partial charge in [-0.3, -0.25) is 9.59 Å². The van der Waals surface area contributed by atoms with Gasteiger partial charge in [0.25, 0.3) is 5.91 Å². The van der Waals surface area contributed by atoms with E-state index in [0.717, 1.165) is 10.5 Å². The molecule has 150 valence electrons. The topological polar surface area (TPSA) is 107 Å². The zero-order chi connectivity index (χ0) is 20.9. The third-order valence-corrected chi connectivity index (χ3v) is 4.49. The highest BCUT2D eigenvalue weighted by Crippen LogP contribution is 2.34. The summed E-state index contributed by atoms with van der Waals surface area (Å²) in [5.74, 6) is -1.98. The minimum Gasteiger partial charge on any atom is -0.507 e. The van der Waals surface area contributed by atoms with Gasteiger partial charge >= 0.3 is 5.97 Å². The van der Waals surface area contributed by atoms with E-state index in [4.69, 9.17) is 0 Å². The number of benzene rings is 1. The Balaban J connectivity index is 3.37. The number of aliphatic carboxylic acids is 1. The predicted octanol–water partition coefficient (Wildman–Crippen LogP) is 2.69. The maximum atomic E-state index is 13.1. The second kappa shape index (κ2) is 9.39. The molecular weight excluding hydrogens is 348 g/mol. The first-order valence-corrected chi connectivity index (χ1v) is 9.12. The number of aromatic hydroxyl groups is 1. The Labute approximate surface area is 160 Å². The molecule has 1 atom stereocenters. The summed E-state index contributed by atoms with van der Waals surface area (Å²) in [5.41, 5.74) is 1.62. The first kappa shape index (κ1) is 22.5. The first-order chi connectivity index (χ1) is 12.5. The van der Waals surface area contributed by atoms with Gasteiger partial charge in [-0.2, -0.15) is 0 Å². The molecule has 7 nitrogen and oxygen atoms in total. The Morgan fingerprint density at radius 2 is 1.67 bits per heavy atom. The highest BCUT2D eigenvalue weighted by atomic mass is 16.4. The molecule has 0 radical (unpaired) electrons. The van der Waals surface area contributed by atoms with E-state index >= 15 is 0 Å². The van der Waals surface area contributed by atoms with Crippen molar-refractivity contribution < 1.29 is 24.6 Å². The predicted molar refractivity (Wildman–Crippen MR) is 103 cm³/mol. The maximum absolute atomic E-state index is 13.1. The third-order valence-electron chi connectivity index (χ3n) is 4.49. The fourth-order valence-corrected chi connectivity index (χ4v) is 2.73. The van der Waals surface area contributed by atoms with Crippen molar-refractivity contribution in [3.05, 3.63) is 28.8 Å². The van der Waals surface area contributed by atoms with Crippen LogP contribution in [0.3, 0.4) is 0 Å². The Bertz CT molecular complexity index is 713. The minimum absolute atomic E-state index is 0.0000215. The van der Waals surface area contributed by atoms with Crippen molar-refractivity contribution in [3.63, 3.8) is 0 Å². The summed E-state index contributed by atoms with van der Waals surface area (Å²) in [6.45, 7) is 10.7. The van der Waals surface area contributed by atoms with Crippen molar-refractivity contribution in [1.29, 1.82) is 0 Å². The number of amides is 2. The molecule has 0 bridgehead atoms. The number of carboxylic acids is 1. The standard InChI is InChI=1S/C20H30N2O5/c1-11(2)15-9-16(12(3)4)18(24)17(10-15)19(25)22(13(5)20(26)27)8-7-21-14(6)23/h9-13,24H,7-8H2,1-6H3,(H,21,23)(H,26,27). The van der Waals surface area contributed by atoms with Crippen molar-refractivity contribution >= 4 is 17.8 Å². The maximum Gasteiger partial charge on any atom is 0.326 e. The zero-order valence-electron chi connectivity index (χ0n) is 16.9. The number of phenols is 1. The van der Waals surface area contributed by atoms with Crippen LogP contribution in [0, 0.1) is 0 Å². The molecular formula is C20H30N2O5. The van der Waals surface area contributed by atoms with E-state index in [0.29, 0.717) is 5.56 Å². The van der Waals surface area contributed by atoms with Crippen LogP contribution in [0.25, 0.3) is 0 Å². The second-order valence-corrected chi connectivity index (χ2v) is 7.31. The van der Waals surface area contributed by atoms with Crippen molar-refractivity contribution in [3.8, 4) is 5.75 Å². The smallest absolute Gasteiger partial charge is 0.326 e. The quantitative estimate of drug-likeness (QED) is 0.645. The normalized spacial score (nSPS) is 12.1. The largest absolute Gasteiger partial charge is 0.507 e. The molecule has 0 saturated carbocycles. The summed E-state index contributed by atoms with van der Waals surface area (Å²) in [6.07, 6.45) is 0. The molecule has 0 aliphatic heterocycles. The van der Waals surface area contributed by atoms with Crippen LogP contribution in [-0.2, 0) is 9.59 Å². The molecule has 1 aromatic rings. The molecule has 2 amide bonds. The van der Waals surface area contributed by atoms with Crippen LogP contribution < -0.4 is 5.32 Å². The van der Waals surface area contributed by atoms with Gasteiger partial charge in [-0.25, -0.2) is 4.79 Å². The molecule has 0 heterocycles. The molecule has 1 aromatic carbocycles. The van der Waals surface area contributed by atoms with Gasteiger partial charge in [-0.05, 0) is 36.0 Å². The molecule has 0 aliphatic rings. The van der Waals surface area contributed by atoms with Crippen LogP contribution in [0.4, 0.5) is 0 Å². The highest BCUT2D eigenvalue weighted by molar-refractivity contribution is 5.99. The number of carboxylic acid groups (broad SMARTS) is 1. The van der Waals surface area contributed by atoms with Crippen molar-refractivity contribution in [2.75, 3.05) is 13.1 Å². The number of nitrogens with one attached hydrogen (secondary N) is 1. The van der Waals surface area contributed by atoms with Crippen LogP contribution in [0.15, 0.2) is 12.1 Å². The van der Waals surface area contributed by atoms with Gasteiger partial charge in [0, 0.05) is 20.0 Å². The number of rotatable bonds is 8. The van der Waals surface area contributed by atoms with Crippen LogP contribution in [-0.4, -0.2) is 52.0 Å². The monoisotopic (exact) mass is 378 g/mol.